The van der Waals surface area contributed by atoms with Gasteiger partial charge in [0.15, 0.2) is 0 Å². The number of carbonyl (C=O) groups excluding carboxylic acids is 4. The molecular weight excluding hydrogens is 476 g/mol. The summed E-state index contributed by atoms with van der Waals surface area (Å²) in [6, 6.07) is 4.60. The maximum absolute atomic E-state index is 13.2. The van der Waals surface area contributed by atoms with E-state index >= 15 is 0 Å². The number of amides is 4. The molecule has 1 aromatic carbocycles. The standard InChI is InChI=1S/C24H38N6O5.C2H6/c1-15(29(5)23(34)35-24(2,3)4)20(31)28-18(13-25)22(33)30-11-7-10-19(30)21(32)27-14-16-8-6-9-17(26)12-16;1-2/h6,8-9,12,15,18-19H,7,10-11,13-14,25-26H2,1-5H3,(H,27,32)(H,28,31);1-2H3. The van der Waals surface area contributed by atoms with Crippen molar-refractivity contribution >= 4 is 29.5 Å². The van der Waals surface area contributed by atoms with Gasteiger partial charge in [-0.25, -0.2) is 4.79 Å². The minimum atomic E-state index is -1.03. The predicted octanol–water partition coefficient (Wildman–Crippen LogP) is 1.60. The van der Waals surface area contributed by atoms with Crippen molar-refractivity contribution in [3.8, 4) is 0 Å². The van der Waals surface area contributed by atoms with E-state index in [1.54, 1.807) is 39.0 Å². The number of anilines is 1. The van der Waals surface area contributed by atoms with Gasteiger partial charge in [0.25, 0.3) is 0 Å². The van der Waals surface area contributed by atoms with Gasteiger partial charge in [0.2, 0.25) is 17.7 Å². The lowest BCUT2D eigenvalue weighted by Crippen LogP contribution is -2.58. The van der Waals surface area contributed by atoms with Crippen molar-refractivity contribution in [1.29, 1.82) is 0 Å². The first-order valence-corrected chi connectivity index (χ1v) is 12.7. The van der Waals surface area contributed by atoms with Crippen LogP contribution in [0.3, 0.4) is 0 Å². The predicted molar refractivity (Wildman–Crippen MR) is 143 cm³/mol. The van der Waals surface area contributed by atoms with Crippen molar-refractivity contribution in [2.45, 2.75) is 84.7 Å². The number of nitrogens with zero attached hydrogens (tertiary/aromatic N) is 2. The van der Waals surface area contributed by atoms with Gasteiger partial charge in [-0.15, -0.1) is 0 Å². The number of likely N-dealkylation sites (tertiary alicyclic amines) is 1. The van der Waals surface area contributed by atoms with Crippen molar-refractivity contribution in [3.05, 3.63) is 29.8 Å². The van der Waals surface area contributed by atoms with E-state index in [1.165, 1.54) is 18.9 Å². The number of rotatable bonds is 8. The molecule has 1 saturated heterocycles. The van der Waals surface area contributed by atoms with E-state index in [0.717, 1.165) is 10.5 Å². The summed E-state index contributed by atoms with van der Waals surface area (Å²) in [5.41, 5.74) is 12.3. The van der Waals surface area contributed by atoms with Crippen LogP contribution < -0.4 is 22.1 Å². The van der Waals surface area contributed by atoms with Crippen LogP contribution in [-0.2, 0) is 25.7 Å². The van der Waals surface area contributed by atoms with Gasteiger partial charge in [0, 0.05) is 32.4 Å². The molecule has 1 aliphatic heterocycles. The molecule has 1 fully saturated rings. The summed E-state index contributed by atoms with van der Waals surface area (Å²) >= 11 is 0. The van der Waals surface area contributed by atoms with E-state index in [-0.39, 0.29) is 19.0 Å². The number of benzene rings is 1. The fourth-order valence-electron chi connectivity index (χ4n) is 3.70. The highest BCUT2D eigenvalue weighted by Crippen LogP contribution is 2.19. The number of likely N-dealkylation sites (N-methyl/N-ethyl adjacent to an activating group) is 1. The van der Waals surface area contributed by atoms with Gasteiger partial charge in [-0.1, -0.05) is 26.0 Å². The second-order valence-electron chi connectivity index (χ2n) is 9.72. The summed E-state index contributed by atoms with van der Waals surface area (Å²) < 4.78 is 5.29. The molecule has 1 heterocycles. The average molecular weight is 521 g/mol. The molecule has 0 bridgehead atoms. The van der Waals surface area contributed by atoms with E-state index in [4.69, 9.17) is 16.2 Å². The molecule has 1 aromatic rings. The number of carbonyl (C=O) groups is 4. The Hall–Kier alpha value is -3.34. The Balaban J connectivity index is 0.00000334. The summed E-state index contributed by atoms with van der Waals surface area (Å²) in [6.45, 7) is 11.2. The highest BCUT2D eigenvalue weighted by atomic mass is 16.6. The minimum Gasteiger partial charge on any atom is -0.444 e. The molecule has 0 saturated carbocycles. The molecular formula is C26H44N6O5. The summed E-state index contributed by atoms with van der Waals surface area (Å²) in [5.74, 6) is -1.27. The Morgan fingerprint density at radius 2 is 1.86 bits per heavy atom. The number of hydrogen-bond donors (Lipinski definition) is 4. The Bertz CT molecular complexity index is 932. The number of nitrogens with one attached hydrogen (secondary N) is 2. The number of nitrogens with two attached hydrogens (primary N) is 2. The molecule has 208 valence electrons. The third-order valence-corrected chi connectivity index (χ3v) is 5.75. The monoisotopic (exact) mass is 520 g/mol. The topological polar surface area (TPSA) is 160 Å². The molecule has 3 atom stereocenters. The SMILES string of the molecule is CC.CC(C(=O)NC(CN)C(=O)N1CCCC1C(=O)NCc1cccc(N)c1)N(C)C(=O)OC(C)(C)C. The molecule has 0 aromatic heterocycles. The van der Waals surface area contributed by atoms with Gasteiger partial charge in [-0.2, -0.15) is 0 Å². The third kappa shape index (κ3) is 9.56. The molecule has 2 rings (SSSR count). The van der Waals surface area contributed by atoms with Gasteiger partial charge in [0.05, 0.1) is 0 Å². The van der Waals surface area contributed by atoms with Crippen LogP contribution in [0.25, 0.3) is 0 Å². The van der Waals surface area contributed by atoms with Crippen LogP contribution in [0, 0.1) is 0 Å². The van der Waals surface area contributed by atoms with E-state index in [1.807, 2.05) is 19.9 Å². The first kappa shape index (κ1) is 31.7. The van der Waals surface area contributed by atoms with Gasteiger partial charge in [-0.05, 0) is 58.2 Å². The zero-order chi connectivity index (χ0) is 28.3. The molecule has 1 aliphatic rings. The lowest BCUT2D eigenvalue weighted by molar-refractivity contribution is -0.141. The lowest BCUT2D eigenvalue weighted by atomic mass is 10.1. The van der Waals surface area contributed by atoms with Crippen LogP contribution in [0.4, 0.5) is 10.5 Å². The first-order chi connectivity index (χ1) is 17.3. The van der Waals surface area contributed by atoms with E-state index in [2.05, 4.69) is 10.6 Å². The zero-order valence-corrected chi connectivity index (χ0v) is 23.2. The van der Waals surface area contributed by atoms with Crippen molar-refractivity contribution in [2.24, 2.45) is 5.73 Å². The molecule has 0 aliphatic carbocycles. The molecule has 11 heteroatoms. The Kier molecular flexibility index (Phi) is 12.3. The van der Waals surface area contributed by atoms with Gasteiger partial charge in [-0.3, -0.25) is 19.3 Å². The number of nitrogen functional groups attached to an aromatic ring is 1. The Morgan fingerprint density at radius 3 is 2.43 bits per heavy atom. The summed E-state index contributed by atoms with van der Waals surface area (Å²) in [6.07, 6.45) is 0.509. The zero-order valence-electron chi connectivity index (χ0n) is 23.2. The van der Waals surface area contributed by atoms with Crippen molar-refractivity contribution in [3.63, 3.8) is 0 Å². The van der Waals surface area contributed by atoms with Crippen molar-refractivity contribution < 1.29 is 23.9 Å². The summed E-state index contributed by atoms with van der Waals surface area (Å²) in [4.78, 5) is 53.7. The quantitative estimate of drug-likeness (QED) is 0.379. The second-order valence-corrected chi connectivity index (χ2v) is 9.72. The van der Waals surface area contributed by atoms with E-state index in [0.29, 0.717) is 25.1 Å². The summed E-state index contributed by atoms with van der Waals surface area (Å²) in [5, 5.41) is 5.46. The lowest BCUT2D eigenvalue weighted by Gasteiger charge is -2.31. The summed E-state index contributed by atoms with van der Waals surface area (Å²) in [7, 11) is 1.44. The average Bonchev–Trinajstić information content (AvgIpc) is 3.34. The fraction of sp³-hybridized carbons (Fsp3) is 0.615. The highest BCUT2D eigenvalue weighted by molar-refractivity contribution is 5.94. The number of hydrogen-bond acceptors (Lipinski definition) is 7. The smallest absolute Gasteiger partial charge is 0.410 e. The van der Waals surface area contributed by atoms with Gasteiger partial charge >= 0.3 is 6.09 Å². The maximum Gasteiger partial charge on any atom is 0.410 e. The van der Waals surface area contributed by atoms with Gasteiger partial charge < -0.3 is 31.7 Å². The van der Waals surface area contributed by atoms with Crippen molar-refractivity contribution in [1.82, 2.24) is 20.4 Å². The van der Waals surface area contributed by atoms with E-state index in [9.17, 15) is 19.2 Å². The molecule has 37 heavy (non-hydrogen) atoms. The molecule has 11 nitrogen and oxygen atoms in total. The normalized spacial score (nSPS) is 16.5. The first-order valence-electron chi connectivity index (χ1n) is 12.7. The third-order valence-electron chi connectivity index (χ3n) is 5.75. The fourth-order valence-corrected chi connectivity index (χ4v) is 3.70. The van der Waals surface area contributed by atoms with Crippen LogP contribution >= 0.6 is 0 Å². The maximum atomic E-state index is 13.2. The molecule has 0 spiro atoms. The molecule has 6 N–H and O–H groups in total. The molecule has 4 amide bonds. The molecule has 0 radical (unpaired) electrons. The number of ether oxygens (including phenoxy) is 1. The van der Waals surface area contributed by atoms with Crippen LogP contribution in [0.15, 0.2) is 24.3 Å². The Labute approximate surface area is 220 Å². The highest BCUT2D eigenvalue weighted by Gasteiger charge is 2.38. The minimum absolute atomic E-state index is 0.151. The van der Waals surface area contributed by atoms with Gasteiger partial charge in [0.1, 0.15) is 23.7 Å². The Morgan fingerprint density at radius 1 is 1.22 bits per heavy atom. The van der Waals surface area contributed by atoms with Crippen molar-refractivity contribution in [2.75, 3.05) is 25.9 Å². The van der Waals surface area contributed by atoms with Crippen LogP contribution in [0.5, 0.6) is 0 Å². The van der Waals surface area contributed by atoms with E-state index < -0.39 is 41.6 Å². The van der Waals surface area contributed by atoms with Crippen LogP contribution in [0.2, 0.25) is 0 Å². The second kappa shape index (κ2) is 14.4. The molecule has 3 unspecified atom stereocenters. The van der Waals surface area contributed by atoms with Crippen LogP contribution in [-0.4, -0.2) is 77.5 Å². The van der Waals surface area contributed by atoms with Crippen LogP contribution in [0.1, 0.15) is 59.9 Å². The largest absolute Gasteiger partial charge is 0.444 e.